The van der Waals surface area contributed by atoms with Gasteiger partial charge in [0.15, 0.2) is 5.69 Å². The van der Waals surface area contributed by atoms with Gasteiger partial charge in [-0.25, -0.2) is 4.79 Å². The van der Waals surface area contributed by atoms with Crippen molar-refractivity contribution >= 4 is 17.6 Å². The van der Waals surface area contributed by atoms with Crippen LogP contribution in [0.3, 0.4) is 0 Å². The molecule has 0 saturated carbocycles. The first-order valence-electron chi connectivity index (χ1n) is 8.14. The van der Waals surface area contributed by atoms with E-state index in [0.29, 0.717) is 28.6 Å². The number of hydrogen-bond donors (Lipinski definition) is 1. The molecule has 3 aromatic rings. The average molecular weight is 372 g/mol. The van der Waals surface area contributed by atoms with Crippen molar-refractivity contribution in [3.63, 3.8) is 0 Å². The Morgan fingerprint density at radius 3 is 2.65 bits per heavy atom. The molecule has 2 aromatic carbocycles. The molecule has 26 heavy (non-hydrogen) atoms. The molecule has 0 atom stereocenters. The summed E-state index contributed by atoms with van der Waals surface area (Å²) in [5, 5.41) is 10.9. The van der Waals surface area contributed by atoms with Gasteiger partial charge < -0.3 is 9.47 Å². The number of nitrogens with one attached hydrogen (secondary N) is 1. The highest BCUT2D eigenvalue weighted by Gasteiger charge is 2.22. The zero-order valence-corrected chi connectivity index (χ0v) is 15.2. The number of H-pyrrole nitrogens is 1. The van der Waals surface area contributed by atoms with Crippen molar-refractivity contribution < 1.29 is 14.3 Å². The lowest BCUT2D eigenvalue weighted by atomic mass is 10.1. The quantitative estimate of drug-likeness (QED) is 0.657. The van der Waals surface area contributed by atoms with Crippen LogP contribution in [0.5, 0.6) is 5.75 Å². The summed E-state index contributed by atoms with van der Waals surface area (Å²) in [5.41, 5.74) is 3.21. The van der Waals surface area contributed by atoms with Gasteiger partial charge in [-0.05, 0) is 37.6 Å². The third kappa shape index (κ3) is 4.03. The largest absolute Gasteiger partial charge is 0.488 e. The zero-order chi connectivity index (χ0) is 18.5. The molecule has 1 aromatic heterocycles. The molecule has 0 aliphatic rings. The second kappa shape index (κ2) is 8.01. The number of aryl methyl sites for hydroxylation is 1. The second-order valence-corrected chi connectivity index (χ2v) is 6.09. The molecule has 1 N–H and O–H groups in total. The molecule has 6 nitrogen and oxygen atoms in total. The molecule has 3 rings (SSSR count). The summed E-state index contributed by atoms with van der Waals surface area (Å²) in [6, 6.07) is 13.2. The van der Waals surface area contributed by atoms with Crippen LogP contribution in [-0.2, 0) is 11.3 Å². The molecule has 0 aliphatic heterocycles. The number of esters is 1. The predicted molar refractivity (Wildman–Crippen MR) is 98.3 cm³/mol. The molecule has 0 radical (unpaired) electrons. The molecule has 0 fully saturated rings. The van der Waals surface area contributed by atoms with E-state index in [1.54, 1.807) is 25.1 Å². The topological polar surface area (TPSA) is 77.1 Å². The number of benzene rings is 2. The summed E-state index contributed by atoms with van der Waals surface area (Å²) in [6.07, 6.45) is 0. The molecule has 0 aliphatic carbocycles. The van der Waals surface area contributed by atoms with E-state index in [0.717, 1.165) is 5.56 Å². The van der Waals surface area contributed by atoms with Gasteiger partial charge in [-0.3, -0.25) is 0 Å². The number of halogens is 1. The maximum Gasteiger partial charge on any atom is 0.361 e. The van der Waals surface area contributed by atoms with Crippen molar-refractivity contribution in [1.29, 1.82) is 0 Å². The predicted octanol–water partition coefficient (Wildman–Crippen LogP) is 4.19. The lowest BCUT2D eigenvalue weighted by molar-refractivity contribution is 0.0520. The number of aromatic nitrogens is 3. The summed E-state index contributed by atoms with van der Waals surface area (Å²) in [4.78, 5) is 12.1. The molecule has 1 heterocycles. The number of nitrogens with zero attached hydrogens (tertiary/aromatic N) is 2. The van der Waals surface area contributed by atoms with E-state index in [4.69, 9.17) is 21.1 Å². The molecule has 0 unspecified atom stereocenters. The lowest BCUT2D eigenvalue weighted by Gasteiger charge is -2.11. The fourth-order valence-corrected chi connectivity index (χ4v) is 2.59. The number of aromatic amines is 1. The Bertz CT molecular complexity index is 907. The molecule has 0 saturated heterocycles. The molecular weight excluding hydrogens is 354 g/mol. The fraction of sp³-hybridized carbons (Fsp3) is 0.211. The van der Waals surface area contributed by atoms with Crippen LogP contribution in [0.2, 0.25) is 5.02 Å². The smallest absolute Gasteiger partial charge is 0.361 e. The summed E-state index contributed by atoms with van der Waals surface area (Å²) < 4.78 is 11.0. The number of hydrogen-bond acceptors (Lipinski definition) is 5. The average Bonchev–Trinajstić information content (AvgIpc) is 3.12. The monoisotopic (exact) mass is 371 g/mol. The Balaban J connectivity index is 1.90. The summed E-state index contributed by atoms with van der Waals surface area (Å²) in [6.45, 7) is 4.38. The van der Waals surface area contributed by atoms with Gasteiger partial charge in [0.05, 0.1) is 6.61 Å². The molecule has 134 valence electrons. The first-order valence-corrected chi connectivity index (χ1v) is 8.52. The molecule has 0 bridgehead atoms. The first-order chi connectivity index (χ1) is 12.6. The van der Waals surface area contributed by atoms with E-state index in [9.17, 15) is 4.79 Å². The van der Waals surface area contributed by atoms with Crippen LogP contribution in [0.15, 0.2) is 42.5 Å². The first kappa shape index (κ1) is 17.9. The number of carbonyl (C=O) groups is 1. The van der Waals surface area contributed by atoms with Crippen molar-refractivity contribution in [1.82, 2.24) is 15.4 Å². The van der Waals surface area contributed by atoms with E-state index in [1.165, 1.54) is 5.56 Å². The maximum atomic E-state index is 12.1. The molecular formula is C19H18ClN3O3. The van der Waals surface area contributed by atoms with Gasteiger partial charge in [-0.1, -0.05) is 41.4 Å². The maximum absolute atomic E-state index is 12.1. The minimum absolute atomic E-state index is 0.0919. The Morgan fingerprint density at radius 2 is 1.92 bits per heavy atom. The number of ether oxygens (including phenoxy) is 2. The fourth-order valence-electron chi connectivity index (χ4n) is 2.42. The van der Waals surface area contributed by atoms with Gasteiger partial charge in [0.1, 0.15) is 18.1 Å². The highest BCUT2D eigenvalue weighted by molar-refractivity contribution is 6.31. The van der Waals surface area contributed by atoms with Crippen molar-refractivity contribution in [2.75, 3.05) is 6.61 Å². The lowest BCUT2D eigenvalue weighted by Crippen LogP contribution is -2.07. The van der Waals surface area contributed by atoms with Gasteiger partial charge in [0.25, 0.3) is 0 Å². The Hall–Kier alpha value is -2.86. The highest BCUT2D eigenvalue weighted by Crippen LogP contribution is 2.33. The van der Waals surface area contributed by atoms with Crippen LogP contribution in [0.4, 0.5) is 0 Å². The van der Waals surface area contributed by atoms with E-state index in [-0.39, 0.29) is 12.3 Å². The Kier molecular flexibility index (Phi) is 5.53. The van der Waals surface area contributed by atoms with Gasteiger partial charge in [-0.2, -0.15) is 10.3 Å². The van der Waals surface area contributed by atoms with Crippen LogP contribution < -0.4 is 4.74 Å². The van der Waals surface area contributed by atoms with E-state index in [1.807, 2.05) is 31.2 Å². The van der Waals surface area contributed by atoms with Crippen LogP contribution >= 0.6 is 11.6 Å². The second-order valence-electron chi connectivity index (χ2n) is 5.66. The molecule has 7 heteroatoms. The van der Waals surface area contributed by atoms with E-state index < -0.39 is 5.97 Å². The highest BCUT2D eigenvalue weighted by atomic mass is 35.5. The van der Waals surface area contributed by atoms with Gasteiger partial charge >= 0.3 is 5.97 Å². The third-order valence-electron chi connectivity index (χ3n) is 3.73. The van der Waals surface area contributed by atoms with Crippen molar-refractivity contribution in [3.8, 4) is 17.0 Å². The van der Waals surface area contributed by atoms with Crippen molar-refractivity contribution in [3.05, 3.63) is 64.3 Å². The van der Waals surface area contributed by atoms with E-state index in [2.05, 4.69) is 15.4 Å². The summed E-state index contributed by atoms with van der Waals surface area (Å²) in [7, 11) is 0. The van der Waals surface area contributed by atoms with Crippen LogP contribution in [0.1, 0.15) is 28.5 Å². The van der Waals surface area contributed by atoms with Gasteiger partial charge in [0, 0.05) is 10.6 Å². The van der Waals surface area contributed by atoms with Crippen molar-refractivity contribution in [2.45, 2.75) is 20.5 Å². The number of carbonyl (C=O) groups excluding carboxylic acids is 1. The molecule has 0 amide bonds. The van der Waals surface area contributed by atoms with Gasteiger partial charge in [-0.15, -0.1) is 5.10 Å². The van der Waals surface area contributed by atoms with E-state index >= 15 is 0 Å². The van der Waals surface area contributed by atoms with Crippen LogP contribution in [-0.4, -0.2) is 28.0 Å². The minimum atomic E-state index is -0.555. The third-order valence-corrected chi connectivity index (χ3v) is 3.96. The van der Waals surface area contributed by atoms with Gasteiger partial charge in [0.2, 0.25) is 0 Å². The Labute approximate surface area is 156 Å². The SMILES string of the molecule is CCOC(=O)c1n[nH]nc1-c1cc(Cl)ccc1OCc1ccc(C)cc1. The Morgan fingerprint density at radius 1 is 1.15 bits per heavy atom. The van der Waals surface area contributed by atoms with Crippen LogP contribution in [0.25, 0.3) is 11.3 Å². The normalized spacial score (nSPS) is 10.6. The standard InChI is InChI=1S/C19H18ClN3O3/c1-3-25-19(24)18-17(21-23-22-18)15-10-14(20)8-9-16(15)26-11-13-6-4-12(2)5-7-13/h4-10H,3,11H2,1-2H3,(H,21,22,23). The molecule has 0 spiro atoms. The zero-order valence-electron chi connectivity index (χ0n) is 14.5. The summed E-state index contributed by atoms with van der Waals surface area (Å²) in [5.74, 6) is -0.00451. The summed E-state index contributed by atoms with van der Waals surface area (Å²) >= 11 is 6.13. The van der Waals surface area contributed by atoms with Crippen molar-refractivity contribution in [2.24, 2.45) is 0 Å². The van der Waals surface area contributed by atoms with Crippen LogP contribution in [0, 0.1) is 6.92 Å². The number of rotatable bonds is 6. The minimum Gasteiger partial charge on any atom is -0.488 e.